The Morgan fingerprint density at radius 3 is 2.40 bits per heavy atom. The number of carbonyl (C=O) groups is 2. The fourth-order valence-electron chi connectivity index (χ4n) is 4.72. The van der Waals surface area contributed by atoms with Gasteiger partial charge in [-0.1, -0.05) is 6.07 Å². The fraction of sp³-hybridized carbons (Fsp3) is 0.320. The van der Waals surface area contributed by atoms with Gasteiger partial charge in [-0.05, 0) is 67.3 Å². The Labute approximate surface area is 199 Å². The van der Waals surface area contributed by atoms with Crippen LogP contribution in [0.15, 0.2) is 54.7 Å². The molecule has 0 aliphatic carbocycles. The lowest BCUT2D eigenvalue weighted by atomic mass is 10.0. The number of carbonyl (C=O) groups excluding carboxylic acids is 2. The highest BCUT2D eigenvalue weighted by Crippen LogP contribution is 2.33. The van der Waals surface area contributed by atoms with Gasteiger partial charge in [0.2, 0.25) is 0 Å². The molecule has 1 aromatic heterocycles. The normalized spacial score (nSPS) is 16.9. The lowest BCUT2D eigenvalue weighted by molar-refractivity contribution is -0.274. The Morgan fingerprint density at radius 2 is 1.69 bits per heavy atom. The number of alkyl halides is 3. The third-order valence-corrected chi connectivity index (χ3v) is 6.25. The van der Waals surface area contributed by atoms with E-state index < -0.39 is 24.1 Å². The zero-order valence-corrected chi connectivity index (χ0v) is 18.8. The maximum Gasteiger partial charge on any atom is 0.573 e. The van der Waals surface area contributed by atoms with Gasteiger partial charge in [0.15, 0.2) is 0 Å². The Hall–Kier alpha value is -3.82. The van der Waals surface area contributed by atoms with Gasteiger partial charge in [0.25, 0.3) is 5.91 Å². The highest BCUT2D eigenvalue weighted by Gasteiger charge is 2.38. The van der Waals surface area contributed by atoms with Crippen LogP contribution in [0.3, 0.4) is 0 Å². The van der Waals surface area contributed by atoms with Crippen molar-refractivity contribution >= 4 is 34.2 Å². The number of amides is 3. The topological polar surface area (TPSA) is 66.0 Å². The van der Waals surface area contributed by atoms with Gasteiger partial charge in [-0.2, -0.15) is 0 Å². The first-order valence-electron chi connectivity index (χ1n) is 11.4. The monoisotopic (exact) mass is 484 g/mol. The van der Waals surface area contributed by atoms with Crippen LogP contribution in [-0.2, 0) is 11.3 Å². The third kappa shape index (κ3) is 4.73. The molecule has 0 atom stereocenters. The predicted octanol–water partition coefficient (Wildman–Crippen LogP) is 5.09. The molecule has 2 aliphatic heterocycles. The van der Waals surface area contributed by atoms with Crippen molar-refractivity contribution in [2.45, 2.75) is 32.2 Å². The van der Waals surface area contributed by atoms with Crippen LogP contribution < -0.4 is 14.5 Å². The number of hydrogen-bond donors (Lipinski definition) is 0. The molecule has 0 saturated carbocycles. The third-order valence-electron chi connectivity index (χ3n) is 6.25. The largest absolute Gasteiger partial charge is 0.573 e. The van der Waals surface area contributed by atoms with Crippen molar-refractivity contribution in [2.75, 3.05) is 29.4 Å². The van der Waals surface area contributed by atoms with Gasteiger partial charge in [0.05, 0.1) is 11.2 Å². The molecule has 2 saturated heterocycles. The standard InChI is InChI=1S/C25H23F3N4O3/c26-25(27,28)35-19-9-7-18(8-10-19)32-22(33)16-31(24(32)34)15-17-11-12-29-20-5-4-6-21(23(17)20)30-13-2-1-3-14-30/h4-12H,1-3,13-16H2. The number of fused-ring (bicyclic) bond motifs is 1. The summed E-state index contributed by atoms with van der Waals surface area (Å²) >= 11 is 0. The van der Waals surface area contributed by atoms with Crippen molar-refractivity contribution in [1.29, 1.82) is 0 Å². The molecule has 0 spiro atoms. The number of imide groups is 1. The summed E-state index contributed by atoms with van der Waals surface area (Å²) in [5.41, 5.74) is 2.96. The summed E-state index contributed by atoms with van der Waals surface area (Å²) in [5.74, 6) is -0.875. The number of piperidine rings is 1. The number of rotatable bonds is 5. The van der Waals surface area contributed by atoms with Crippen LogP contribution >= 0.6 is 0 Å². The summed E-state index contributed by atoms with van der Waals surface area (Å²) in [7, 11) is 0. The van der Waals surface area contributed by atoms with Gasteiger partial charge < -0.3 is 14.5 Å². The lowest BCUT2D eigenvalue weighted by Crippen LogP contribution is -2.33. The van der Waals surface area contributed by atoms with E-state index in [0.717, 1.165) is 65.1 Å². The van der Waals surface area contributed by atoms with Crippen molar-refractivity contribution in [2.24, 2.45) is 0 Å². The van der Waals surface area contributed by atoms with E-state index in [1.165, 1.54) is 23.5 Å². The number of aromatic nitrogens is 1. The van der Waals surface area contributed by atoms with Crippen molar-refractivity contribution in [3.8, 4) is 5.75 Å². The van der Waals surface area contributed by atoms with E-state index in [-0.39, 0.29) is 18.8 Å². The zero-order chi connectivity index (χ0) is 24.6. The highest BCUT2D eigenvalue weighted by molar-refractivity contribution is 6.19. The van der Waals surface area contributed by atoms with E-state index in [4.69, 9.17) is 0 Å². The van der Waals surface area contributed by atoms with Crippen LogP contribution in [0.1, 0.15) is 24.8 Å². The number of urea groups is 1. The van der Waals surface area contributed by atoms with Gasteiger partial charge >= 0.3 is 12.4 Å². The summed E-state index contributed by atoms with van der Waals surface area (Å²) in [6, 6.07) is 12.0. The van der Waals surface area contributed by atoms with Gasteiger partial charge in [0.1, 0.15) is 12.3 Å². The SMILES string of the molecule is O=C1CN(Cc2ccnc3cccc(N4CCCCC4)c23)C(=O)N1c1ccc(OC(F)(F)F)cc1. The quantitative estimate of drug-likeness (QED) is 0.472. The van der Waals surface area contributed by atoms with E-state index in [1.807, 2.05) is 18.2 Å². The molecule has 3 heterocycles. The Morgan fingerprint density at radius 1 is 0.943 bits per heavy atom. The number of pyridine rings is 1. The second-order valence-electron chi connectivity index (χ2n) is 8.60. The van der Waals surface area contributed by atoms with Gasteiger partial charge in [-0.3, -0.25) is 9.78 Å². The molecule has 182 valence electrons. The molecule has 0 radical (unpaired) electrons. The van der Waals surface area contributed by atoms with Crippen LogP contribution in [0.5, 0.6) is 5.75 Å². The average Bonchev–Trinajstić information content (AvgIpc) is 3.11. The number of nitrogens with zero attached hydrogens (tertiary/aromatic N) is 4. The van der Waals surface area contributed by atoms with Crippen LogP contribution in [0.2, 0.25) is 0 Å². The van der Waals surface area contributed by atoms with Crippen molar-refractivity contribution < 1.29 is 27.5 Å². The van der Waals surface area contributed by atoms with Crippen LogP contribution in [-0.4, -0.2) is 47.8 Å². The molecule has 0 N–H and O–H groups in total. The smallest absolute Gasteiger partial charge is 0.406 e. The molecule has 35 heavy (non-hydrogen) atoms. The lowest BCUT2D eigenvalue weighted by Gasteiger charge is -2.30. The summed E-state index contributed by atoms with van der Waals surface area (Å²) in [4.78, 5) is 35.1. The summed E-state index contributed by atoms with van der Waals surface area (Å²) in [5, 5.41) is 0.962. The Kier molecular flexibility index (Phi) is 5.96. The average molecular weight is 484 g/mol. The van der Waals surface area contributed by atoms with Crippen molar-refractivity contribution in [3.63, 3.8) is 0 Å². The molecule has 5 rings (SSSR count). The van der Waals surface area contributed by atoms with E-state index in [0.29, 0.717) is 0 Å². The number of halogens is 3. The molecule has 3 aromatic rings. The maximum atomic E-state index is 13.2. The molecule has 2 aliphatic rings. The van der Waals surface area contributed by atoms with Crippen LogP contribution in [0.25, 0.3) is 10.9 Å². The number of hydrogen-bond acceptors (Lipinski definition) is 5. The minimum Gasteiger partial charge on any atom is -0.406 e. The molecule has 0 bridgehead atoms. The van der Waals surface area contributed by atoms with Gasteiger partial charge in [-0.25, -0.2) is 9.69 Å². The summed E-state index contributed by atoms with van der Waals surface area (Å²) in [6.07, 6.45) is 0.310. The minimum atomic E-state index is -4.82. The predicted molar refractivity (Wildman–Crippen MR) is 124 cm³/mol. The first kappa shape index (κ1) is 22.9. The van der Waals surface area contributed by atoms with Crippen LogP contribution in [0.4, 0.5) is 29.3 Å². The van der Waals surface area contributed by atoms with E-state index in [1.54, 1.807) is 6.20 Å². The van der Waals surface area contributed by atoms with Crippen molar-refractivity contribution in [3.05, 3.63) is 60.3 Å². The fourth-order valence-corrected chi connectivity index (χ4v) is 4.72. The zero-order valence-electron chi connectivity index (χ0n) is 18.8. The van der Waals surface area contributed by atoms with Crippen LogP contribution in [0, 0.1) is 0 Å². The Bertz CT molecular complexity index is 1250. The molecule has 0 unspecified atom stereocenters. The van der Waals surface area contributed by atoms with E-state index in [2.05, 4.69) is 20.7 Å². The van der Waals surface area contributed by atoms with Crippen molar-refractivity contribution in [1.82, 2.24) is 9.88 Å². The van der Waals surface area contributed by atoms with Gasteiger partial charge in [-0.15, -0.1) is 13.2 Å². The molecular weight excluding hydrogens is 461 g/mol. The molecule has 2 fully saturated rings. The summed E-state index contributed by atoms with van der Waals surface area (Å²) in [6.45, 7) is 1.99. The van der Waals surface area contributed by atoms with E-state index in [9.17, 15) is 22.8 Å². The first-order chi connectivity index (χ1) is 16.8. The highest BCUT2D eigenvalue weighted by atomic mass is 19.4. The number of benzene rings is 2. The molecule has 7 nitrogen and oxygen atoms in total. The summed E-state index contributed by atoms with van der Waals surface area (Å²) < 4.78 is 41.2. The maximum absolute atomic E-state index is 13.2. The molecule has 2 aromatic carbocycles. The van der Waals surface area contributed by atoms with E-state index >= 15 is 0 Å². The molecule has 3 amide bonds. The number of anilines is 2. The number of ether oxygens (including phenoxy) is 1. The molecule has 10 heteroatoms. The Balaban J connectivity index is 1.40. The second kappa shape index (κ2) is 9.09. The first-order valence-corrected chi connectivity index (χ1v) is 11.4. The second-order valence-corrected chi connectivity index (χ2v) is 8.60. The molecular formula is C25H23F3N4O3. The minimum absolute atomic E-state index is 0.130. The van der Waals surface area contributed by atoms with Gasteiger partial charge in [0, 0.05) is 36.9 Å².